The normalized spacial score (nSPS) is 11.0. The molecule has 126 valence electrons. The van der Waals surface area contributed by atoms with Crippen LogP contribution in [0.5, 0.6) is 5.75 Å². The number of benzene rings is 2. The lowest BCUT2D eigenvalue weighted by Gasteiger charge is -2.08. The maximum absolute atomic E-state index is 11.0. The second-order valence-corrected chi connectivity index (χ2v) is 6.05. The maximum atomic E-state index is 11.0. The molecule has 0 spiro atoms. The van der Waals surface area contributed by atoms with Crippen LogP contribution in [-0.2, 0) is 0 Å². The molecule has 0 unspecified atom stereocenters. The molecule has 0 aliphatic heterocycles. The molecule has 0 atom stereocenters. The lowest BCUT2D eigenvalue weighted by Crippen LogP contribution is -2.04. The topological polar surface area (TPSA) is 70.9 Å². The number of hydrazone groups is 1. The molecule has 0 radical (unpaired) electrons. The van der Waals surface area contributed by atoms with Crippen LogP contribution in [0.15, 0.2) is 47.6 Å². The summed E-state index contributed by atoms with van der Waals surface area (Å²) in [6.07, 6.45) is 1.64. The fourth-order valence-corrected chi connectivity index (χ4v) is 2.05. The first-order chi connectivity index (χ1) is 11.5. The van der Waals surface area contributed by atoms with Crippen molar-refractivity contribution in [3.8, 4) is 5.75 Å². The number of carboxylic acids is 1. The summed E-state index contributed by atoms with van der Waals surface area (Å²) in [7, 11) is 0. The van der Waals surface area contributed by atoms with Crippen molar-refractivity contribution in [1.29, 1.82) is 0 Å². The number of anilines is 1. The Morgan fingerprint density at radius 3 is 2.62 bits per heavy atom. The first kappa shape index (κ1) is 17.8. The number of nitrogens with zero attached hydrogens (tertiary/aromatic N) is 1. The molecule has 0 aliphatic rings. The highest BCUT2D eigenvalue weighted by molar-refractivity contribution is 6.33. The smallest absolute Gasteiger partial charge is 0.337 e. The summed E-state index contributed by atoms with van der Waals surface area (Å²) in [5.74, 6) is 0.215. The van der Waals surface area contributed by atoms with Crippen molar-refractivity contribution in [2.75, 3.05) is 12.0 Å². The Balaban J connectivity index is 1.96. The number of rotatable bonds is 7. The zero-order chi connectivity index (χ0) is 17.5. The molecule has 0 saturated carbocycles. The second-order valence-electron chi connectivity index (χ2n) is 5.64. The zero-order valence-corrected chi connectivity index (χ0v) is 14.2. The quantitative estimate of drug-likeness (QED) is 0.571. The fraction of sp³-hybridized carbons (Fsp3) is 0.222. The minimum atomic E-state index is -1.08. The molecule has 0 aromatic heterocycles. The molecule has 0 saturated heterocycles. The van der Waals surface area contributed by atoms with Crippen molar-refractivity contribution in [2.24, 2.45) is 11.0 Å². The van der Waals surface area contributed by atoms with Crippen molar-refractivity contribution >= 4 is 29.5 Å². The van der Waals surface area contributed by atoms with Crippen molar-refractivity contribution in [1.82, 2.24) is 0 Å². The van der Waals surface area contributed by atoms with Gasteiger partial charge in [0.2, 0.25) is 0 Å². The van der Waals surface area contributed by atoms with Crippen LogP contribution < -0.4 is 10.2 Å². The Bertz CT molecular complexity index is 728. The van der Waals surface area contributed by atoms with Gasteiger partial charge in [0.25, 0.3) is 0 Å². The van der Waals surface area contributed by atoms with Gasteiger partial charge in [-0.15, -0.1) is 0 Å². The van der Waals surface area contributed by atoms with Gasteiger partial charge >= 0.3 is 5.97 Å². The highest BCUT2D eigenvalue weighted by Gasteiger charge is 2.08. The molecule has 0 aliphatic carbocycles. The Kier molecular flexibility index (Phi) is 6.21. The van der Waals surface area contributed by atoms with Gasteiger partial charge in [-0.05, 0) is 53.9 Å². The van der Waals surface area contributed by atoms with Gasteiger partial charge in [0.05, 0.1) is 29.1 Å². The predicted octanol–water partition coefficient (Wildman–Crippen LogP) is 4.52. The number of halogens is 1. The molecule has 5 nitrogen and oxygen atoms in total. The van der Waals surface area contributed by atoms with Gasteiger partial charge in [-0.2, -0.15) is 5.10 Å². The monoisotopic (exact) mass is 346 g/mol. The number of aromatic carboxylic acids is 1. The van der Waals surface area contributed by atoms with Gasteiger partial charge in [0.15, 0.2) is 0 Å². The van der Waals surface area contributed by atoms with Crippen LogP contribution in [0.2, 0.25) is 5.02 Å². The van der Waals surface area contributed by atoms with Gasteiger partial charge in [-0.25, -0.2) is 4.79 Å². The van der Waals surface area contributed by atoms with Crippen molar-refractivity contribution < 1.29 is 14.6 Å². The van der Waals surface area contributed by atoms with Gasteiger partial charge in [-0.3, -0.25) is 5.43 Å². The minimum Gasteiger partial charge on any atom is -0.493 e. The van der Waals surface area contributed by atoms with Crippen LogP contribution in [0.4, 0.5) is 5.69 Å². The molecule has 2 rings (SSSR count). The summed E-state index contributed by atoms with van der Waals surface area (Å²) in [6.45, 7) is 4.87. The number of ether oxygens (including phenoxy) is 1. The summed E-state index contributed by atoms with van der Waals surface area (Å²) in [5.41, 5.74) is 4.26. The number of nitrogens with one attached hydrogen (secondary N) is 1. The van der Waals surface area contributed by atoms with E-state index in [1.807, 2.05) is 24.3 Å². The van der Waals surface area contributed by atoms with Crippen LogP contribution >= 0.6 is 11.6 Å². The third-order valence-electron chi connectivity index (χ3n) is 3.07. The van der Waals surface area contributed by atoms with Crippen LogP contribution in [0.3, 0.4) is 0 Å². The molecular weight excluding hydrogens is 328 g/mol. The Hall–Kier alpha value is -2.53. The van der Waals surface area contributed by atoms with Crippen molar-refractivity contribution in [2.45, 2.75) is 13.8 Å². The summed E-state index contributed by atoms with van der Waals surface area (Å²) in [5, 5.41) is 13.3. The molecule has 24 heavy (non-hydrogen) atoms. The van der Waals surface area contributed by atoms with Gasteiger partial charge < -0.3 is 9.84 Å². The maximum Gasteiger partial charge on any atom is 0.337 e. The van der Waals surface area contributed by atoms with Gasteiger partial charge in [-0.1, -0.05) is 25.4 Å². The largest absolute Gasteiger partial charge is 0.493 e. The van der Waals surface area contributed by atoms with E-state index >= 15 is 0 Å². The molecule has 0 amide bonds. The van der Waals surface area contributed by atoms with E-state index in [-0.39, 0.29) is 10.6 Å². The summed E-state index contributed by atoms with van der Waals surface area (Å²) < 4.78 is 5.61. The SMILES string of the molecule is CC(C)COc1ccc(/C=N\Nc2ccc(Cl)c(C(=O)O)c2)cc1. The van der Waals surface area contributed by atoms with E-state index in [2.05, 4.69) is 24.4 Å². The third kappa shape index (κ3) is 5.28. The number of carbonyl (C=O) groups is 1. The number of hydrogen-bond donors (Lipinski definition) is 2. The molecule has 6 heteroatoms. The van der Waals surface area contributed by atoms with Crippen LogP contribution in [0.1, 0.15) is 29.8 Å². The molecule has 2 aromatic carbocycles. The summed E-state index contributed by atoms with van der Waals surface area (Å²) >= 11 is 5.82. The first-order valence-electron chi connectivity index (χ1n) is 7.50. The average molecular weight is 347 g/mol. The molecule has 2 N–H and O–H groups in total. The van der Waals surface area contributed by atoms with Crippen LogP contribution in [0.25, 0.3) is 0 Å². The van der Waals surface area contributed by atoms with E-state index in [1.54, 1.807) is 12.3 Å². The highest BCUT2D eigenvalue weighted by Crippen LogP contribution is 2.20. The standard InChI is InChI=1S/C18H19ClN2O3/c1-12(2)11-24-15-6-3-13(4-7-15)10-20-21-14-5-8-17(19)16(9-14)18(22)23/h3-10,12,21H,11H2,1-2H3,(H,22,23)/b20-10-. The Labute approximate surface area is 145 Å². The van der Waals surface area contributed by atoms with E-state index in [1.165, 1.54) is 12.1 Å². The number of carboxylic acid groups (broad SMARTS) is 1. The summed E-state index contributed by atoms with van der Waals surface area (Å²) in [6, 6.07) is 12.2. The minimum absolute atomic E-state index is 0.0310. The molecule has 2 aromatic rings. The van der Waals surface area contributed by atoms with E-state index in [0.29, 0.717) is 18.2 Å². The Morgan fingerprint density at radius 1 is 1.29 bits per heavy atom. The van der Waals surface area contributed by atoms with Crippen LogP contribution in [0, 0.1) is 5.92 Å². The highest BCUT2D eigenvalue weighted by atomic mass is 35.5. The zero-order valence-electron chi connectivity index (χ0n) is 13.5. The third-order valence-corrected chi connectivity index (χ3v) is 3.40. The van der Waals surface area contributed by atoms with Gasteiger partial charge in [0.1, 0.15) is 5.75 Å². The van der Waals surface area contributed by atoms with Gasteiger partial charge in [0, 0.05) is 0 Å². The van der Waals surface area contributed by atoms with E-state index in [9.17, 15) is 4.79 Å². The Morgan fingerprint density at radius 2 is 2.00 bits per heavy atom. The van der Waals surface area contributed by atoms with E-state index in [4.69, 9.17) is 21.4 Å². The number of hydrogen-bond acceptors (Lipinski definition) is 4. The fourth-order valence-electron chi connectivity index (χ4n) is 1.85. The molecular formula is C18H19ClN2O3. The molecule has 0 fully saturated rings. The second kappa shape index (κ2) is 8.36. The lowest BCUT2D eigenvalue weighted by molar-refractivity contribution is 0.0697. The summed E-state index contributed by atoms with van der Waals surface area (Å²) in [4.78, 5) is 11.0. The van der Waals surface area contributed by atoms with Crippen molar-refractivity contribution in [3.63, 3.8) is 0 Å². The molecule has 0 bridgehead atoms. The predicted molar refractivity (Wildman–Crippen MR) is 96.4 cm³/mol. The first-order valence-corrected chi connectivity index (χ1v) is 7.88. The van der Waals surface area contributed by atoms with Crippen LogP contribution in [-0.4, -0.2) is 23.9 Å². The molecule has 0 heterocycles. The van der Waals surface area contributed by atoms with Crippen molar-refractivity contribution in [3.05, 3.63) is 58.6 Å². The van der Waals surface area contributed by atoms with E-state index < -0.39 is 5.97 Å². The van der Waals surface area contributed by atoms with E-state index in [0.717, 1.165) is 11.3 Å². The average Bonchev–Trinajstić information content (AvgIpc) is 2.55. The lowest BCUT2D eigenvalue weighted by atomic mass is 10.2.